The average Bonchev–Trinajstić information content (AvgIpc) is 2.42. The molecule has 1 amide bonds. The molecule has 0 bridgehead atoms. The number of nitrogen functional groups attached to an aromatic ring is 1. The van der Waals surface area contributed by atoms with Crippen molar-refractivity contribution < 1.29 is 14.6 Å². The van der Waals surface area contributed by atoms with Crippen LogP contribution in [0.15, 0.2) is 36.5 Å². The number of nitrogens with two attached hydrogens (primary N) is 1. The van der Waals surface area contributed by atoms with Gasteiger partial charge in [-0.15, -0.1) is 0 Å². The number of nitrogens with one attached hydrogen (secondary N) is 1. The van der Waals surface area contributed by atoms with Crippen LogP contribution >= 0.6 is 0 Å². The van der Waals surface area contributed by atoms with E-state index in [2.05, 4.69) is 10.3 Å². The predicted molar refractivity (Wildman–Crippen MR) is 70.2 cm³/mol. The molecule has 6 heteroatoms. The fraction of sp³-hybridized carbons (Fsp3) is 0.0769. The molecule has 4 N–H and O–H groups in total. The van der Waals surface area contributed by atoms with Gasteiger partial charge >= 0.3 is 0 Å². The van der Waals surface area contributed by atoms with Gasteiger partial charge in [0.15, 0.2) is 5.75 Å². The van der Waals surface area contributed by atoms with Crippen molar-refractivity contribution in [2.45, 2.75) is 0 Å². The van der Waals surface area contributed by atoms with Crippen LogP contribution in [0.25, 0.3) is 0 Å². The molecule has 1 heterocycles. The van der Waals surface area contributed by atoms with Crippen molar-refractivity contribution in [3.63, 3.8) is 0 Å². The number of phenols is 1. The topological polar surface area (TPSA) is 97.5 Å². The molecule has 0 fully saturated rings. The summed E-state index contributed by atoms with van der Waals surface area (Å²) in [5.41, 5.74) is 6.35. The second-order valence-corrected chi connectivity index (χ2v) is 3.78. The lowest BCUT2D eigenvalue weighted by molar-refractivity contribution is 0.0958. The minimum Gasteiger partial charge on any atom is -0.508 e. The molecule has 98 valence electrons. The molecule has 0 spiro atoms. The van der Waals surface area contributed by atoms with Crippen molar-refractivity contribution in [2.75, 3.05) is 12.8 Å². The van der Waals surface area contributed by atoms with E-state index in [1.807, 2.05) is 0 Å². The highest BCUT2D eigenvalue weighted by molar-refractivity contribution is 5.92. The standard InChI is InChI=1S/C13H13N3O3/c1-15-13(18)11-7-9(4-5-16-11)19-12-6-8(17)2-3-10(12)14/h2-7,17H,14H2,1H3,(H,15,18). The number of hydrogen-bond donors (Lipinski definition) is 3. The predicted octanol–water partition coefficient (Wildman–Crippen LogP) is 1.52. The molecule has 0 unspecified atom stereocenters. The van der Waals surface area contributed by atoms with Crippen molar-refractivity contribution >= 4 is 11.6 Å². The van der Waals surface area contributed by atoms with Gasteiger partial charge in [0.1, 0.15) is 17.2 Å². The fourth-order valence-electron chi connectivity index (χ4n) is 1.47. The molecule has 0 saturated carbocycles. The van der Waals surface area contributed by atoms with E-state index in [1.165, 1.54) is 37.5 Å². The molecule has 0 atom stereocenters. The lowest BCUT2D eigenvalue weighted by atomic mass is 10.2. The zero-order valence-electron chi connectivity index (χ0n) is 10.3. The van der Waals surface area contributed by atoms with Gasteiger partial charge in [0.05, 0.1) is 5.69 Å². The van der Waals surface area contributed by atoms with Gasteiger partial charge in [0, 0.05) is 25.4 Å². The number of aromatic hydroxyl groups is 1. The average molecular weight is 259 g/mol. The molecule has 1 aromatic heterocycles. The molecule has 1 aromatic carbocycles. The summed E-state index contributed by atoms with van der Waals surface area (Å²) in [7, 11) is 1.52. The van der Waals surface area contributed by atoms with Crippen LogP contribution in [0.3, 0.4) is 0 Å². The second kappa shape index (κ2) is 5.26. The van der Waals surface area contributed by atoms with E-state index in [4.69, 9.17) is 10.5 Å². The molecular weight excluding hydrogens is 246 g/mol. The zero-order chi connectivity index (χ0) is 13.8. The summed E-state index contributed by atoms with van der Waals surface area (Å²) in [4.78, 5) is 15.4. The molecule has 0 aliphatic heterocycles. The third-order valence-electron chi connectivity index (χ3n) is 2.42. The first-order valence-electron chi connectivity index (χ1n) is 5.54. The Balaban J connectivity index is 2.28. The minimum atomic E-state index is -0.311. The molecule has 0 aliphatic carbocycles. The number of ether oxygens (including phenoxy) is 1. The number of rotatable bonds is 3. The van der Waals surface area contributed by atoms with E-state index in [0.717, 1.165) is 0 Å². The van der Waals surface area contributed by atoms with Gasteiger partial charge < -0.3 is 20.9 Å². The highest BCUT2D eigenvalue weighted by atomic mass is 16.5. The van der Waals surface area contributed by atoms with Crippen LogP contribution in [-0.2, 0) is 0 Å². The number of phenolic OH excluding ortho intramolecular Hbond substituents is 1. The van der Waals surface area contributed by atoms with Gasteiger partial charge in [-0.1, -0.05) is 0 Å². The van der Waals surface area contributed by atoms with Gasteiger partial charge in [0.25, 0.3) is 5.91 Å². The number of aromatic nitrogens is 1. The summed E-state index contributed by atoms with van der Waals surface area (Å²) in [6.07, 6.45) is 1.46. The molecule has 6 nitrogen and oxygen atoms in total. The third-order valence-corrected chi connectivity index (χ3v) is 2.42. The quantitative estimate of drug-likeness (QED) is 0.573. The number of carbonyl (C=O) groups is 1. The molecule has 0 aliphatic rings. The van der Waals surface area contributed by atoms with Gasteiger partial charge in [-0.05, 0) is 18.2 Å². The highest BCUT2D eigenvalue weighted by Gasteiger charge is 2.08. The van der Waals surface area contributed by atoms with Crippen LogP contribution in [0.2, 0.25) is 0 Å². The second-order valence-electron chi connectivity index (χ2n) is 3.78. The van der Waals surface area contributed by atoms with E-state index in [-0.39, 0.29) is 17.4 Å². The van der Waals surface area contributed by atoms with Crippen molar-refractivity contribution in [1.82, 2.24) is 10.3 Å². The SMILES string of the molecule is CNC(=O)c1cc(Oc2cc(O)ccc2N)ccn1. The summed E-state index contributed by atoms with van der Waals surface area (Å²) in [5, 5.41) is 11.9. The Morgan fingerprint density at radius 1 is 1.37 bits per heavy atom. The van der Waals surface area contributed by atoms with Crippen LogP contribution < -0.4 is 15.8 Å². The first-order chi connectivity index (χ1) is 9.10. The lowest BCUT2D eigenvalue weighted by Gasteiger charge is -2.09. The van der Waals surface area contributed by atoms with Gasteiger partial charge in [-0.3, -0.25) is 9.78 Å². The summed E-state index contributed by atoms with van der Waals surface area (Å²) in [6, 6.07) is 7.48. The summed E-state index contributed by atoms with van der Waals surface area (Å²) >= 11 is 0. The number of pyridine rings is 1. The molecule has 19 heavy (non-hydrogen) atoms. The summed E-state index contributed by atoms with van der Waals surface area (Å²) in [5.74, 6) is 0.457. The fourth-order valence-corrected chi connectivity index (χ4v) is 1.47. The van der Waals surface area contributed by atoms with E-state index < -0.39 is 0 Å². The monoisotopic (exact) mass is 259 g/mol. The first kappa shape index (κ1) is 12.7. The Bertz CT molecular complexity index is 614. The van der Waals surface area contributed by atoms with Crippen molar-refractivity contribution in [1.29, 1.82) is 0 Å². The number of hydrogen-bond acceptors (Lipinski definition) is 5. The third kappa shape index (κ3) is 2.92. The van der Waals surface area contributed by atoms with Gasteiger partial charge in [0.2, 0.25) is 0 Å². The maximum atomic E-state index is 11.4. The van der Waals surface area contributed by atoms with E-state index in [9.17, 15) is 9.90 Å². The van der Waals surface area contributed by atoms with Crippen molar-refractivity contribution in [3.05, 3.63) is 42.2 Å². The normalized spacial score (nSPS) is 9.95. The maximum Gasteiger partial charge on any atom is 0.269 e. The van der Waals surface area contributed by atoms with Gasteiger partial charge in [-0.25, -0.2) is 0 Å². The zero-order valence-corrected chi connectivity index (χ0v) is 10.3. The van der Waals surface area contributed by atoms with Crippen LogP contribution in [0.5, 0.6) is 17.2 Å². The maximum absolute atomic E-state index is 11.4. The number of carbonyl (C=O) groups excluding carboxylic acids is 1. The Kier molecular flexibility index (Phi) is 3.51. The minimum absolute atomic E-state index is 0.0461. The molecule has 2 aromatic rings. The lowest BCUT2D eigenvalue weighted by Crippen LogP contribution is -2.18. The number of nitrogens with zero attached hydrogens (tertiary/aromatic N) is 1. The number of anilines is 1. The van der Waals surface area contributed by atoms with Crippen LogP contribution in [-0.4, -0.2) is 23.0 Å². The Morgan fingerprint density at radius 3 is 2.89 bits per heavy atom. The Hall–Kier alpha value is -2.76. The first-order valence-corrected chi connectivity index (χ1v) is 5.54. The van der Waals surface area contributed by atoms with E-state index in [0.29, 0.717) is 17.2 Å². The van der Waals surface area contributed by atoms with Crippen LogP contribution in [0.4, 0.5) is 5.69 Å². The summed E-state index contributed by atoms with van der Waals surface area (Å²) in [6.45, 7) is 0. The van der Waals surface area contributed by atoms with Crippen molar-refractivity contribution in [2.24, 2.45) is 0 Å². The molecule has 2 rings (SSSR count). The van der Waals surface area contributed by atoms with Crippen LogP contribution in [0, 0.1) is 0 Å². The molecule has 0 saturated heterocycles. The highest BCUT2D eigenvalue weighted by Crippen LogP contribution is 2.30. The van der Waals surface area contributed by atoms with Crippen LogP contribution in [0.1, 0.15) is 10.5 Å². The number of benzene rings is 1. The van der Waals surface area contributed by atoms with Gasteiger partial charge in [-0.2, -0.15) is 0 Å². The molecule has 0 radical (unpaired) electrons. The largest absolute Gasteiger partial charge is 0.508 e. The summed E-state index contributed by atoms with van der Waals surface area (Å²) < 4.78 is 5.52. The smallest absolute Gasteiger partial charge is 0.269 e. The Labute approximate surface area is 109 Å². The Morgan fingerprint density at radius 2 is 2.16 bits per heavy atom. The van der Waals surface area contributed by atoms with E-state index >= 15 is 0 Å². The van der Waals surface area contributed by atoms with E-state index in [1.54, 1.807) is 6.07 Å². The molecular formula is C13H13N3O3. The van der Waals surface area contributed by atoms with Crippen molar-refractivity contribution in [3.8, 4) is 17.2 Å². The number of amides is 1.